The van der Waals surface area contributed by atoms with Gasteiger partial charge in [-0.25, -0.2) is 0 Å². The zero-order valence-corrected chi connectivity index (χ0v) is 19.0. The third kappa shape index (κ3) is 4.70. The van der Waals surface area contributed by atoms with Crippen LogP contribution in [0.15, 0.2) is 81.3 Å². The second-order valence-corrected chi connectivity index (χ2v) is 9.96. The fourth-order valence-corrected chi connectivity index (χ4v) is 4.63. The molecule has 3 aromatic carbocycles. The van der Waals surface area contributed by atoms with Crippen LogP contribution >= 0.6 is 10.6 Å². The Morgan fingerprint density at radius 2 is 1.61 bits per heavy atom. The van der Waals surface area contributed by atoms with Gasteiger partial charge in [-0.1, -0.05) is 0 Å². The molecular formula is C17H11N9O8S2. The van der Waals surface area contributed by atoms with Crippen molar-refractivity contribution in [3.05, 3.63) is 73.2 Å². The molecule has 0 unspecified atom stereocenters. The quantitative estimate of drug-likeness (QED) is 0.0827. The van der Waals surface area contributed by atoms with E-state index < -0.39 is 59.1 Å². The van der Waals surface area contributed by atoms with Crippen molar-refractivity contribution in [2.24, 2.45) is 29.1 Å². The molecule has 0 aromatic heterocycles. The summed E-state index contributed by atoms with van der Waals surface area (Å²) < 4.78 is 40.6. The lowest BCUT2D eigenvalue weighted by atomic mass is 10.1. The summed E-state index contributed by atoms with van der Waals surface area (Å²) >= 11 is 0. The molecule has 0 saturated carbocycles. The fourth-order valence-electron chi connectivity index (χ4n) is 2.98. The van der Waals surface area contributed by atoms with Crippen LogP contribution in [0.3, 0.4) is 0 Å². The number of fused-ring (bicyclic) bond motifs is 1. The van der Waals surface area contributed by atoms with E-state index in [1.54, 1.807) is 0 Å². The number of aromatic hydroxyl groups is 1. The predicted octanol–water partition coefficient (Wildman–Crippen LogP) is 5.45. The van der Waals surface area contributed by atoms with Gasteiger partial charge in [0.15, 0.2) is 16.3 Å². The van der Waals surface area contributed by atoms with Crippen molar-refractivity contribution in [2.45, 2.75) is 9.79 Å². The molecule has 0 spiro atoms. The van der Waals surface area contributed by atoms with E-state index in [9.17, 15) is 37.6 Å². The monoisotopic (exact) mass is 533 g/mol. The first-order valence-electron chi connectivity index (χ1n) is 9.06. The maximum absolute atomic E-state index is 11.8. The van der Waals surface area contributed by atoms with Crippen molar-refractivity contribution in [2.75, 3.05) is 5.73 Å². The lowest BCUT2D eigenvalue weighted by Gasteiger charge is -2.18. The molecule has 0 aliphatic carbocycles. The average molecular weight is 533 g/mol. The van der Waals surface area contributed by atoms with Gasteiger partial charge in [0, 0.05) is 35.3 Å². The van der Waals surface area contributed by atoms with Gasteiger partial charge < -0.3 is 10.8 Å². The molecule has 0 saturated heterocycles. The fraction of sp³-hybridized carbons (Fsp3) is 0. The molecule has 0 fully saturated rings. The molecule has 184 valence electrons. The number of carbonyl (C=O) groups is 1. The maximum Gasteiger partial charge on any atom is 0.296 e. The number of nitrogens with zero attached hydrogens (tertiary/aromatic N) is 8. The van der Waals surface area contributed by atoms with Crippen molar-refractivity contribution in [1.29, 1.82) is 0 Å². The van der Waals surface area contributed by atoms with Crippen molar-refractivity contribution >= 4 is 54.4 Å². The third-order valence-electron chi connectivity index (χ3n) is 4.56. The van der Waals surface area contributed by atoms with Gasteiger partial charge in [-0.3, -0.25) is 9.35 Å². The molecule has 0 radical (unpaired) electrons. The van der Waals surface area contributed by atoms with Crippen LogP contribution in [0.5, 0.6) is 5.75 Å². The van der Waals surface area contributed by atoms with Crippen molar-refractivity contribution < 1.29 is 22.9 Å². The summed E-state index contributed by atoms with van der Waals surface area (Å²) in [5.41, 5.74) is 12.6. The van der Waals surface area contributed by atoms with E-state index in [0.717, 1.165) is 18.2 Å². The molecule has 0 atom stereocenters. The number of azide groups is 1. The summed E-state index contributed by atoms with van der Waals surface area (Å²) in [5.74, 6) is -1.89. The lowest BCUT2D eigenvalue weighted by Crippen LogP contribution is -2.02. The summed E-state index contributed by atoms with van der Waals surface area (Å²) in [6.45, 7) is 0. The number of carbonyl (C=O) groups excluding carboxylic acids is 1. The van der Waals surface area contributed by atoms with E-state index in [2.05, 4.69) is 34.0 Å². The average Bonchev–Trinajstić information content (AvgIpc) is 2.84. The molecule has 17 nitrogen and oxygen atoms in total. The highest BCUT2D eigenvalue weighted by Gasteiger charge is 2.36. The van der Waals surface area contributed by atoms with Gasteiger partial charge in [-0.05, 0) is 58.5 Å². The number of nitroso groups, excluding NO2 is 3. The molecule has 3 rings (SSSR count). The van der Waals surface area contributed by atoms with Crippen LogP contribution in [0.1, 0.15) is 10.4 Å². The Bertz CT molecular complexity index is 1610. The predicted molar refractivity (Wildman–Crippen MR) is 127 cm³/mol. The SMILES string of the molecule is [N-]=[N+]=NC(=O)c1ccc(N=Nc2c(S(N=O)(N=O)N=O)cc3cc(N)ccc3c2O)c(S(=O)(=O)O)c1. The van der Waals surface area contributed by atoms with Crippen LogP contribution in [0.4, 0.5) is 17.1 Å². The van der Waals surface area contributed by atoms with Crippen LogP contribution in [0, 0.1) is 14.7 Å². The molecule has 0 bridgehead atoms. The standard InChI is InChI=1S/C17H11N9O8S2/c18-10-2-3-11-9(5-10)7-14(35(24-29,25-30)26-31)15(16(11)27)21-20-12-4-1-8(17(28)22-23-19)6-13(12)36(32,33)34/h1-7,27H,18H2,(H,32,33,34). The Kier molecular flexibility index (Phi) is 7.02. The smallest absolute Gasteiger partial charge is 0.296 e. The van der Waals surface area contributed by atoms with Gasteiger partial charge >= 0.3 is 0 Å². The van der Waals surface area contributed by atoms with Gasteiger partial charge in [-0.15, -0.1) is 24.9 Å². The number of hydrogen-bond donors (Lipinski definition) is 3. The Hall–Kier alpha value is -4.84. The van der Waals surface area contributed by atoms with Crippen LogP contribution in [-0.2, 0) is 10.1 Å². The van der Waals surface area contributed by atoms with Crippen molar-refractivity contribution in [3.63, 3.8) is 0 Å². The van der Waals surface area contributed by atoms with E-state index in [0.29, 0.717) is 6.07 Å². The second kappa shape index (κ2) is 9.80. The molecule has 36 heavy (non-hydrogen) atoms. The topological polar surface area (TPSA) is 279 Å². The van der Waals surface area contributed by atoms with Gasteiger partial charge in [0.05, 0.1) is 4.90 Å². The van der Waals surface area contributed by atoms with Crippen LogP contribution in [-0.4, -0.2) is 24.0 Å². The van der Waals surface area contributed by atoms with Crippen LogP contribution in [0.2, 0.25) is 0 Å². The van der Waals surface area contributed by atoms with E-state index in [1.165, 1.54) is 18.2 Å². The van der Waals surface area contributed by atoms with E-state index in [1.807, 2.05) is 0 Å². The molecular weight excluding hydrogens is 522 g/mol. The number of nitrogens with two attached hydrogens (primary N) is 1. The second-order valence-electron chi connectivity index (χ2n) is 6.65. The van der Waals surface area contributed by atoms with Crippen LogP contribution in [0.25, 0.3) is 21.2 Å². The highest BCUT2D eigenvalue weighted by molar-refractivity contribution is 8.30. The Labute approximate surface area is 201 Å². The number of nitrogen functional groups attached to an aromatic ring is 1. The largest absolute Gasteiger partial charge is 0.505 e. The number of phenols is 1. The molecule has 19 heteroatoms. The number of azo groups is 1. The molecule has 0 heterocycles. The number of rotatable bonds is 8. The van der Waals surface area contributed by atoms with E-state index in [4.69, 9.17) is 11.3 Å². The van der Waals surface area contributed by atoms with Crippen molar-refractivity contribution in [3.8, 4) is 5.75 Å². The zero-order valence-electron chi connectivity index (χ0n) is 17.4. The summed E-state index contributed by atoms with van der Waals surface area (Å²) in [4.78, 5) is 46.7. The first-order valence-corrected chi connectivity index (χ1v) is 12.0. The number of anilines is 1. The number of phenolic OH excluding ortho intramolecular Hbond substituents is 1. The van der Waals surface area contributed by atoms with Crippen molar-refractivity contribution in [1.82, 2.24) is 0 Å². The molecule has 1 amide bonds. The van der Waals surface area contributed by atoms with Gasteiger partial charge in [0.1, 0.15) is 16.3 Å². The maximum atomic E-state index is 11.8. The number of benzene rings is 3. The molecule has 3 aromatic rings. The highest BCUT2D eigenvalue weighted by atomic mass is 32.3. The summed E-state index contributed by atoms with van der Waals surface area (Å²) in [7, 11) is -9.25. The highest BCUT2D eigenvalue weighted by Crippen LogP contribution is 2.64. The van der Waals surface area contributed by atoms with E-state index in [-0.39, 0.29) is 16.5 Å². The minimum atomic E-state index is -5.03. The number of amides is 1. The van der Waals surface area contributed by atoms with Crippen LogP contribution < -0.4 is 5.73 Å². The van der Waals surface area contributed by atoms with Gasteiger partial charge in [0.25, 0.3) is 10.1 Å². The molecule has 0 aliphatic rings. The summed E-state index contributed by atoms with van der Waals surface area (Å²) in [6, 6.07) is 7.67. The first kappa shape index (κ1) is 25.8. The first-order chi connectivity index (χ1) is 17.0. The lowest BCUT2D eigenvalue weighted by molar-refractivity contribution is 0.1000. The minimum Gasteiger partial charge on any atom is -0.505 e. The number of hydrogen-bond acceptors (Lipinski definition) is 13. The van der Waals surface area contributed by atoms with E-state index >= 15 is 0 Å². The molecule has 4 N–H and O–H groups in total. The third-order valence-corrected chi connectivity index (χ3v) is 6.97. The molecule has 0 aliphatic heterocycles. The Morgan fingerprint density at radius 1 is 0.944 bits per heavy atom. The Morgan fingerprint density at radius 3 is 2.19 bits per heavy atom. The summed E-state index contributed by atoms with van der Waals surface area (Å²) in [5, 5.41) is 21.1. The normalized spacial score (nSPS) is 12.1. The minimum absolute atomic E-state index is 0.0724. The van der Waals surface area contributed by atoms with Gasteiger partial charge in [0.2, 0.25) is 5.91 Å². The Balaban J connectivity index is 2.33. The zero-order chi connectivity index (χ0) is 26.7. The summed E-state index contributed by atoms with van der Waals surface area (Å²) in [6.07, 6.45) is 0. The van der Waals surface area contributed by atoms with Gasteiger partial charge in [-0.2, -0.15) is 8.42 Å².